The van der Waals surface area contributed by atoms with Crippen molar-refractivity contribution in [2.45, 2.75) is 38.6 Å². The molecule has 0 aromatic heterocycles. The molecule has 1 fully saturated rings. The summed E-state index contributed by atoms with van der Waals surface area (Å²) >= 11 is 5.06. The van der Waals surface area contributed by atoms with Crippen LogP contribution < -0.4 is 16.2 Å². The van der Waals surface area contributed by atoms with Crippen LogP contribution in [0.15, 0.2) is 0 Å². The number of rotatable bonds is 1. The molecule has 2 atom stereocenters. The number of carbonyl (C=O) groups is 1. The average Bonchev–Trinajstić information content (AvgIpc) is 2.29. The molecule has 0 aromatic carbocycles. The molecule has 6 heteroatoms. The Morgan fingerprint density at radius 1 is 1.31 bits per heavy atom. The third kappa shape index (κ3) is 4.22. The van der Waals surface area contributed by atoms with Gasteiger partial charge in [-0.1, -0.05) is 19.8 Å². The van der Waals surface area contributed by atoms with E-state index in [4.69, 9.17) is 12.2 Å². The number of amides is 1. The highest BCUT2D eigenvalue weighted by atomic mass is 32.1. The summed E-state index contributed by atoms with van der Waals surface area (Å²) in [6.07, 6.45) is 4.32. The Labute approximate surface area is 101 Å². The Kier molecular flexibility index (Phi) is 5.31. The molecule has 1 aliphatic carbocycles. The van der Waals surface area contributed by atoms with Gasteiger partial charge in [-0.05, 0) is 31.0 Å². The molecule has 3 N–H and O–H groups in total. The molecule has 0 aliphatic heterocycles. The number of hydrazine groups is 1. The number of carbonyl (C=O) groups excluding carboxylic acids is 1. The Bertz CT molecular complexity index is 260. The van der Waals surface area contributed by atoms with Crippen molar-refractivity contribution in [1.82, 2.24) is 16.2 Å². The van der Waals surface area contributed by atoms with Gasteiger partial charge in [-0.2, -0.15) is 0 Å². The van der Waals surface area contributed by atoms with Crippen LogP contribution in [0.1, 0.15) is 32.6 Å². The first-order chi connectivity index (χ1) is 7.63. The number of ether oxygens (including phenoxy) is 1. The van der Waals surface area contributed by atoms with E-state index in [0.29, 0.717) is 17.1 Å². The zero-order chi connectivity index (χ0) is 12.0. The first-order valence-corrected chi connectivity index (χ1v) is 5.94. The third-order valence-corrected chi connectivity index (χ3v) is 3.11. The molecule has 1 amide bonds. The molecule has 92 valence electrons. The molecule has 0 radical (unpaired) electrons. The Balaban J connectivity index is 2.24. The van der Waals surface area contributed by atoms with Gasteiger partial charge in [0.15, 0.2) is 5.11 Å². The van der Waals surface area contributed by atoms with Crippen molar-refractivity contribution in [3.8, 4) is 0 Å². The average molecular weight is 245 g/mol. The minimum atomic E-state index is -0.555. The van der Waals surface area contributed by atoms with E-state index in [-0.39, 0.29) is 0 Å². The third-order valence-electron chi connectivity index (χ3n) is 2.89. The highest BCUT2D eigenvalue weighted by molar-refractivity contribution is 7.80. The van der Waals surface area contributed by atoms with Gasteiger partial charge in [0.05, 0.1) is 7.11 Å². The van der Waals surface area contributed by atoms with Crippen molar-refractivity contribution in [3.05, 3.63) is 0 Å². The summed E-state index contributed by atoms with van der Waals surface area (Å²) in [4.78, 5) is 10.8. The minimum absolute atomic E-state index is 0.396. The van der Waals surface area contributed by atoms with Gasteiger partial charge in [-0.3, -0.25) is 5.43 Å². The van der Waals surface area contributed by atoms with Crippen molar-refractivity contribution in [3.63, 3.8) is 0 Å². The Morgan fingerprint density at radius 3 is 2.62 bits per heavy atom. The maximum atomic E-state index is 10.8. The minimum Gasteiger partial charge on any atom is -0.452 e. The van der Waals surface area contributed by atoms with E-state index in [1.807, 2.05) is 0 Å². The van der Waals surface area contributed by atoms with E-state index in [1.54, 1.807) is 0 Å². The van der Waals surface area contributed by atoms with Crippen LogP contribution in [0.4, 0.5) is 4.79 Å². The van der Waals surface area contributed by atoms with Gasteiger partial charge in [-0.25, -0.2) is 10.2 Å². The van der Waals surface area contributed by atoms with Crippen molar-refractivity contribution in [2.24, 2.45) is 5.92 Å². The number of hydrogen-bond donors (Lipinski definition) is 3. The van der Waals surface area contributed by atoms with E-state index in [2.05, 4.69) is 27.8 Å². The van der Waals surface area contributed by atoms with Crippen LogP contribution in [-0.4, -0.2) is 24.4 Å². The van der Waals surface area contributed by atoms with Crippen LogP contribution >= 0.6 is 12.2 Å². The lowest BCUT2D eigenvalue weighted by Crippen LogP contribution is -2.51. The molecule has 1 saturated carbocycles. The first-order valence-electron chi connectivity index (χ1n) is 5.54. The molecule has 0 bridgehead atoms. The monoisotopic (exact) mass is 245 g/mol. The van der Waals surface area contributed by atoms with Crippen molar-refractivity contribution < 1.29 is 9.53 Å². The highest BCUT2D eigenvalue weighted by Crippen LogP contribution is 2.23. The van der Waals surface area contributed by atoms with Crippen LogP contribution in [-0.2, 0) is 4.74 Å². The first kappa shape index (κ1) is 13.0. The molecule has 16 heavy (non-hydrogen) atoms. The quantitative estimate of drug-likeness (QED) is 0.480. The van der Waals surface area contributed by atoms with E-state index in [0.717, 1.165) is 6.42 Å². The fourth-order valence-electron chi connectivity index (χ4n) is 1.89. The van der Waals surface area contributed by atoms with Crippen LogP contribution in [0.25, 0.3) is 0 Å². The molecule has 0 saturated heterocycles. The second-order valence-electron chi connectivity index (χ2n) is 4.08. The van der Waals surface area contributed by atoms with Crippen LogP contribution in [0.3, 0.4) is 0 Å². The summed E-state index contributed by atoms with van der Waals surface area (Å²) in [5.74, 6) is 0.617. The molecule has 2 unspecified atom stereocenters. The van der Waals surface area contributed by atoms with Crippen molar-refractivity contribution in [2.75, 3.05) is 7.11 Å². The second-order valence-corrected chi connectivity index (χ2v) is 4.49. The van der Waals surface area contributed by atoms with Gasteiger partial charge in [0, 0.05) is 6.04 Å². The van der Waals surface area contributed by atoms with Crippen LogP contribution in [0, 0.1) is 5.92 Å². The van der Waals surface area contributed by atoms with Gasteiger partial charge < -0.3 is 10.1 Å². The van der Waals surface area contributed by atoms with E-state index < -0.39 is 6.09 Å². The topological polar surface area (TPSA) is 62.4 Å². The summed E-state index contributed by atoms with van der Waals surface area (Å²) in [7, 11) is 1.30. The lowest BCUT2D eigenvalue weighted by molar-refractivity contribution is 0.168. The van der Waals surface area contributed by atoms with Crippen LogP contribution in [0.2, 0.25) is 0 Å². The number of methoxy groups -OCH3 is 1. The van der Waals surface area contributed by atoms with Crippen molar-refractivity contribution >= 4 is 23.4 Å². The Morgan fingerprint density at radius 2 is 2.00 bits per heavy atom. The lowest BCUT2D eigenvalue weighted by atomic mass is 9.86. The molecular weight excluding hydrogens is 226 g/mol. The largest absolute Gasteiger partial charge is 0.452 e. The van der Waals surface area contributed by atoms with Crippen LogP contribution in [0.5, 0.6) is 0 Å². The normalized spacial score (nSPS) is 24.4. The maximum Gasteiger partial charge on any atom is 0.425 e. The standard InChI is InChI=1S/C10H19N3O2S/c1-7-5-3-4-6-8(7)11-9(16)12-13-10(14)15-2/h7-8H,3-6H2,1-2H3,(H,13,14)(H2,11,12,16). The molecule has 1 aliphatic rings. The smallest absolute Gasteiger partial charge is 0.425 e. The summed E-state index contributed by atoms with van der Waals surface area (Å²) in [5, 5.41) is 3.63. The van der Waals surface area contributed by atoms with E-state index in [9.17, 15) is 4.79 Å². The Hall–Kier alpha value is -1.04. The zero-order valence-electron chi connectivity index (χ0n) is 9.71. The van der Waals surface area contributed by atoms with Gasteiger partial charge in [0.1, 0.15) is 0 Å². The molecule has 1 rings (SSSR count). The predicted octanol–water partition coefficient (Wildman–Crippen LogP) is 1.30. The maximum absolute atomic E-state index is 10.8. The summed E-state index contributed by atoms with van der Waals surface area (Å²) < 4.78 is 4.41. The highest BCUT2D eigenvalue weighted by Gasteiger charge is 2.21. The fraction of sp³-hybridized carbons (Fsp3) is 0.800. The van der Waals surface area contributed by atoms with Crippen molar-refractivity contribution in [1.29, 1.82) is 0 Å². The molecular formula is C10H19N3O2S. The second kappa shape index (κ2) is 6.52. The molecule has 0 aromatic rings. The van der Waals surface area contributed by atoms with E-state index in [1.165, 1.54) is 26.4 Å². The molecule has 5 nitrogen and oxygen atoms in total. The summed E-state index contributed by atoms with van der Waals surface area (Å²) in [5.41, 5.74) is 4.92. The fourth-order valence-corrected chi connectivity index (χ4v) is 2.10. The number of thiocarbonyl (C=S) groups is 1. The summed E-state index contributed by atoms with van der Waals surface area (Å²) in [6.45, 7) is 2.22. The van der Waals surface area contributed by atoms with Gasteiger partial charge in [0.25, 0.3) is 0 Å². The van der Waals surface area contributed by atoms with Gasteiger partial charge in [0.2, 0.25) is 0 Å². The number of nitrogens with one attached hydrogen (secondary N) is 3. The molecule has 0 heterocycles. The summed E-state index contributed by atoms with van der Waals surface area (Å²) in [6, 6.07) is 0.396. The zero-order valence-corrected chi connectivity index (χ0v) is 10.5. The number of hydrogen-bond acceptors (Lipinski definition) is 3. The van der Waals surface area contributed by atoms with Gasteiger partial charge in [-0.15, -0.1) is 0 Å². The van der Waals surface area contributed by atoms with Gasteiger partial charge >= 0.3 is 6.09 Å². The van der Waals surface area contributed by atoms with E-state index >= 15 is 0 Å². The lowest BCUT2D eigenvalue weighted by Gasteiger charge is -2.30. The molecule has 0 spiro atoms. The predicted molar refractivity (Wildman–Crippen MR) is 65.8 cm³/mol. The SMILES string of the molecule is COC(=O)NNC(=S)NC1CCCCC1C.